The van der Waals surface area contributed by atoms with E-state index < -0.39 is 0 Å². The van der Waals surface area contributed by atoms with Gasteiger partial charge in [-0.2, -0.15) is 4.98 Å². The number of carbonyl (C=O) groups is 1. The van der Waals surface area contributed by atoms with Crippen molar-refractivity contribution in [2.75, 3.05) is 31.1 Å². The number of amides is 1. The molecule has 4 rings (SSSR count). The smallest absolute Gasteiger partial charge is 0.293 e. The lowest BCUT2D eigenvalue weighted by Crippen LogP contribution is -2.49. The van der Waals surface area contributed by atoms with Gasteiger partial charge in [0.05, 0.1) is 0 Å². The van der Waals surface area contributed by atoms with E-state index in [4.69, 9.17) is 4.98 Å². The molecular formula is C20H26N8O. The molecule has 152 valence electrons. The minimum absolute atomic E-state index is 0.158. The van der Waals surface area contributed by atoms with Gasteiger partial charge in [-0.25, -0.2) is 19.5 Å². The summed E-state index contributed by atoms with van der Waals surface area (Å²) in [7, 11) is 0. The van der Waals surface area contributed by atoms with Gasteiger partial charge in [-0.15, -0.1) is 5.10 Å². The van der Waals surface area contributed by atoms with Gasteiger partial charge in [0, 0.05) is 55.2 Å². The Morgan fingerprint density at radius 1 is 0.931 bits per heavy atom. The minimum atomic E-state index is -0.158. The van der Waals surface area contributed by atoms with Crippen molar-refractivity contribution in [2.45, 2.75) is 40.5 Å². The van der Waals surface area contributed by atoms with Crippen LogP contribution in [0, 0.1) is 20.8 Å². The van der Waals surface area contributed by atoms with Gasteiger partial charge in [0.2, 0.25) is 5.82 Å². The van der Waals surface area contributed by atoms with Gasteiger partial charge in [0.15, 0.2) is 0 Å². The summed E-state index contributed by atoms with van der Waals surface area (Å²) in [5.41, 5.74) is 2.73. The molecule has 1 fully saturated rings. The first-order valence-corrected chi connectivity index (χ1v) is 9.92. The molecule has 1 aliphatic heterocycles. The van der Waals surface area contributed by atoms with Crippen molar-refractivity contribution in [3.8, 4) is 0 Å². The Hall–Kier alpha value is -3.10. The van der Waals surface area contributed by atoms with Crippen LogP contribution in [0.4, 0.5) is 5.82 Å². The molecule has 9 nitrogen and oxygen atoms in total. The SMILES string of the molecule is Cc1cc(N2CCN(C(=O)c3nc4nc(C)cc(C)n4n3)CC2)nc(C(C)C)n1. The fourth-order valence-corrected chi connectivity index (χ4v) is 3.53. The zero-order valence-corrected chi connectivity index (χ0v) is 17.5. The molecule has 0 bridgehead atoms. The average Bonchev–Trinajstić information content (AvgIpc) is 3.11. The van der Waals surface area contributed by atoms with Crippen LogP contribution in [0.15, 0.2) is 12.1 Å². The van der Waals surface area contributed by atoms with Crippen molar-refractivity contribution in [2.24, 2.45) is 0 Å². The molecule has 0 aliphatic carbocycles. The van der Waals surface area contributed by atoms with Crippen molar-refractivity contribution >= 4 is 17.5 Å². The highest BCUT2D eigenvalue weighted by molar-refractivity contribution is 5.91. The lowest BCUT2D eigenvalue weighted by Gasteiger charge is -2.35. The topological polar surface area (TPSA) is 92.4 Å². The van der Waals surface area contributed by atoms with Gasteiger partial charge in [-0.1, -0.05) is 13.8 Å². The molecule has 1 saturated heterocycles. The third kappa shape index (κ3) is 3.76. The number of anilines is 1. The highest BCUT2D eigenvalue weighted by atomic mass is 16.2. The van der Waals surface area contributed by atoms with Crippen LogP contribution in [-0.4, -0.2) is 66.5 Å². The number of aromatic nitrogens is 6. The van der Waals surface area contributed by atoms with Crippen LogP contribution in [0.25, 0.3) is 5.78 Å². The van der Waals surface area contributed by atoms with Gasteiger partial charge in [-0.05, 0) is 26.8 Å². The van der Waals surface area contributed by atoms with E-state index in [-0.39, 0.29) is 17.6 Å². The fraction of sp³-hybridized carbons (Fsp3) is 0.500. The summed E-state index contributed by atoms with van der Waals surface area (Å²) in [6, 6.07) is 3.92. The quantitative estimate of drug-likeness (QED) is 0.670. The first-order valence-electron chi connectivity index (χ1n) is 9.92. The molecule has 0 aromatic carbocycles. The van der Waals surface area contributed by atoms with E-state index in [1.165, 1.54) is 0 Å². The van der Waals surface area contributed by atoms with Crippen molar-refractivity contribution in [3.05, 3.63) is 40.9 Å². The van der Waals surface area contributed by atoms with Gasteiger partial charge in [0.1, 0.15) is 11.6 Å². The first kappa shape index (κ1) is 19.2. The number of nitrogens with zero attached hydrogens (tertiary/aromatic N) is 8. The molecule has 0 spiro atoms. The minimum Gasteiger partial charge on any atom is -0.353 e. The van der Waals surface area contributed by atoms with E-state index in [2.05, 4.69) is 38.8 Å². The molecular weight excluding hydrogens is 368 g/mol. The van der Waals surface area contributed by atoms with Crippen LogP contribution in [0.2, 0.25) is 0 Å². The molecule has 29 heavy (non-hydrogen) atoms. The Bertz CT molecular complexity index is 1070. The van der Waals surface area contributed by atoms with Crippen molar-refractivity contribution in [1.82, 2.24) is 34.4 Å². The Morgan fingerprint density at radius 3 is 2.31 bits per heavy atom. The van der Waals surface area contributed by atoms with E-state index in [1.807, 2.05) is 32.9 Å². The third-order valence-corrected chi connectivity index (χ3v) is 5.07. The second-order valence-electron chi connectivity index (χ2n) is 7.85. The number of hydrogen-bond donors (Lipinski definition) is 0. The molecule has 1 amide bonds. The maximum Gasteiger partial charge on any atom is 0.293 e. The normalized spacial score (nSPS) is 14.8. The highest BCUT2D eigenvalue weighted by Crippen LogP contribution is 2.19. The van der Waals surface area contributed by atoms with Crippen molar-refractivity contribution < 1.29 is 4.79 Å². The molecule has 0 unspecified atom stereocenters. The summed E-state index contributed by atoms with van der Waals surface area (Å²) in [6.07, 6.45) is 0. The zero-order valence-electron chi connectivity index (χ0n) is 17.5. The van der Waals surface area contributed by atoms with E-state index in [1.54, 1.807) is 9.42 Å². The van der Waals surface area contributed by atoms with Crippen LogP contribution < -0.4 is 4.90 Å². The monoisotopic (exact) mass is 394 g/mol. The van der Waals surface area contributed by atoms with Crippen molar-refractivity contribution in [1.29, 1.82) is 0 Å². The van der Waals surface area contributed by atoms with E-state index >= 15 is 0 Å². The van der Waals surface area contributed by atoms with E-state index in [9.17, 15) is 4.79 Å². The van der Waals surface area contributed by atoms with Crippen LogP contribution in [0.1, 0.15) is 53.3 Å². The summed E-state index contributed by atoms with van der Waals surface area (Å²) < 4.78 is 1.62. The Balaban J connectivity index is 1.48. The largest absolute Gasteiger partial charge is 0.353 e. The van der Waals surface area contributed by atoms with Gasteiger partial charge in [-0.3, -0.25) is 4.79 Å². The summed E-state index contributed by atoms with van der Waals surface area (Å²) in [4.78, 5) is 34.9. The number of aryl methyl sites for hydroxylation is 3. The Morgan fingerprint density at radius 2 is 1.62 bits per heavy atom. The summed E-state index contributed by atoms with van der Waals surface area (Å²) in [5.74, 6) is 2.55. The molecule has 0 N–H and O–H groups in total. The maximum absolute atomic E-state index is 12.9. The number of piperazine rings is 1. The van der Waals surface area contributed by atoms with Crippen LogP contribution in [0.5, 0.6) is 0 Å². The molecule has 9 heteroatoms. The number of hydrogen-bond acceptors (Lipinski definition) is 7. The molecule has 3 aromatic heterocycles. The number of rotatable bonds is 3. The van der Waals surface area contributed by atoms with Gasteiger partial charge >= 0.3 is 0 Å². The molecule has 3 aromatic rings. The van der Waals surface area contributed by atoms with Crippen LogP contribution in [-0.2, 0) is 0 Å². The predicted octanol–water partition coefficient (Wildman–Crippen LogP) is 1.93. The van der Waals surface area contributed by atoms with Crippen LogP contribution in [0.3, 0.4) is 0 Å². The lowest BCUT2D eigenvalue weighted by atomic mass is 10.2. The number of carbonyl (C=O) groups excluding carboxylic acids is 1. The molecule has 4 heterocycles. The van der Waals surface area contributed by atoms with Crippen LogP contribution >= 0.6 is 0 Å². The second-order valence-corrected chi connectivity index (χ2v) is 7.85. The Labute approximate surface area is 169 Å². The Kier molecular flexibility index (Phi) is 4.89. The average molecular weight is 394 g/mol. The van der Waals surface area contributed by atoms with E-state index in [0.29, 0.717) is 32.0 Å². The molecule has 0 saturated carbocycles. The van der Waals surface area contributed by atoms with Gasteiger partial charge in [0.25, 0.3) is 11.7 Å². The standard InChI is InChI=1S/C20H26N8O/c1-12(2)17-21-14(4)11-16(23-17)26-6-8-27(9-7-26)19(29)18-24-20-22-13(3)10-15(5)28(20)25-18/h10-12H,6-9H2,1-5H3. The van der Waals surface area contributed by atoms with E-state index in [0.717, 1.165) is 28.7 Å². The van der Waals surface area contributed by atoms with Crippen molar-refractivity contribution in [3.63, 3.8) is 0 Å². The molecule has 0 radical (unpaired) electrons. The fourth-order valence-electron chi connectivity index (χ4n) is 3.53. The second kappa shape index (κ2) is 7.38. The predicted molar refractivity (Wildman–Crippen MR) is 109 cm³/mol. The summed E-state index contributed by atoms with van der Waals surface area (Å²) in [5, 5.41) is 4.37. The molecule has 1 aliphatic rings. The van der Waals surface area contributed by atoms with Gasteiger partial charge < -0.3 is 9.80 Å². The number of fused-ring (bicyclic) bond motifs is 1. The molecule has 0 atom stereocenters. The first-order chi connectivity index (χ1) is 13.8. The maximum atomic E-state index is 12.9. The third-order valence-electron chi connectivity index (χ3n) is 5.07. The lowest BCUT2D eigenvalue weighted by molar-refractivity contribution is 0.0734. The summed E-state index contributed by atoms with van der Waals surface area (Å²) in [6.45, 7) is 12.6. The zero-order chi connectivity index (χ0) is 20.7. The highest BCUT2D eigenvalue weighted by Gasteiger charge is 2.26. The summed E-state index contributed by atoms with van der Waals surface area (Å²) >= 11 is 0.